The summed E-state index contributed by atoms with van der Waals surface area (Å²) in [5.41, 5.74) is 6.81. The molecule has 3 aliphatic heterocycles. The maximum absolute atomic E-state index is 14.5. The zero-order chi connectivity index (χ0) is 32.4. The Morgan fingerprint density at radius 3 is 2.65 bits per heavy atom. The summed E-state index contributed by atoms with van der Waals surface area (Å²) in [4.78, 5) is 46.6. The number of carbonyl (C=O) groups excluding carboxylic acids is 2. The van der Waals surface area contributed by atoms with Gasteiger partial charge in [0.05, 0.1) is 6.61 Å². The number of allylic oxidation sites excluding steroid dienone is 1. The number of amides is 2. The molecule has 1 fully saturated rings. The molecule has 0 spiro atoms. The summed E-state index contributed by atoms with van der Waals surface area (Å²) in [6, 6.07) is 18.5. The molecule has 2 amide bonds. The number of rotatable bonds is 3. The van der Waals surface area contributed by atoms with Crippen LogP contribution in [0.25, 0.3) is 10.8 Å². The number of ether oxygens (including phenoxy) is 1. The van der Waals surface area contributed by atoms with E-state index < -0.39 is 12.1 Å². The van der Waals surface area contributed by atoms with Crippen LogP contribution in [0.3, 0.4) is 0 Å². The summed E-state index contributed by atoms with van der Waals surface area (Å²) in [6.07, 6.45) is 5.30. The molecule has 1 aromatic heterocycles. The number of hydrogen-bond donors (Lipinski definition) is 3. The lowest BCUT2D eigenvalue weighted by atomic mass is 9.93. The van der Waals surface area contributed by atoms with Gasteiger partial charge in [-0.05, 0) is 90.2 Å². The van der Waals surface area contributed by atoms with Crippen molar-refractivity contribution in [1.29, 1.82) is 0 Å². The van der Waals surface area contributed by atoms with Crippen molar-refractivity contribution < 1.29 is 14.3 Å². The highest BCUT2D eigenvalue weighted by atomic mass is 16.5. The van der Waals surface area contributed by atoms with Gasteiger partial charge >= 0.3 is 6.09 Å². The van der Waals surface area contributed by atoms with Crippen LogP contribution in [0.4, 0.5) is 21.9 Å². The molecular formula is C37H41N5O4. The van der Waals surface area contributed by atoms with Crippen molar-refractivity contribution >= 4 is 39.8 Å². The fraction of sp³-hybridized carbons (Fsp3) is 0.324. The lowest BCUT2D eigenvalue weighted by molar-refractivity contribution is -0.131. The second-order valence-electron chi connectivity index (χ2n) is 12.5. The van der Waals surface area contributed by atoms with E-state index in [-0.39, 0.29) is 24.0 Å². The molecular weight excluding hydrogens is 578 g/mol. The van der Waals surface area contributed by atoms with Gasteiger partial charge in [0.1, 0.15) is 6.04 Å². The number of aromatic nitrogens is 1. The van der Waals surface area contributed by atoms with Crippen LogP contribution < -0.4 is 21.1 Å². The number of benzene rings is 3. The van der Waals surface area contributed by atoms with E-state index in [9.17, 15) is 14.4 Å². The summed E-state index contributed by atoms with van der Waals surface area (Å²) in [6.45, 7) is 9.73. The van der Waals surface area contributed by atoms with E-state index in [4.69, 9.17) is 4.74 Å². The number of likely N-dealkylation sites (N-methyl/N-ethyl adjacent to an activating group) is 1. The van der Waals surface area contributed by atoms with Crippen molar-refractivity contribution in [2.24, 2.45) is 0 Å². The Kier molecular flexibility index (Phi) is 8.83. The first-order valence-corrected chi connectivity index (χ1v) is 15.9. The number of aryl methyl sites for hydroxylation is 1. The lowest BCUT2D eigenvalue weighted by Crippen LogP contribution is -2.35. The van der Waals surface area contributed by atoms with E-state index in [1.165, 1.54) is 0 Å². The largest absolute Gasteiger partial charge is 0.449 e. The number of carbonyl (C=O) groups is 2. The second kappa shape index (κ2) is 13.1. The van der Waals surface area contributed by atoms with Crippen LogP contribution in [0.1, 0.15) is 66.8 Å². The predicted molar refractivity (Wildman–Crippen MR) is 183 cm³/mol. The molecule has 3 aliphatic rings. The Morgan fingerprint density at radius 2 is 1.83 bits per heavy atom. The molecule has 1 saturated heterocycles. The van der Waals surface area contributed by atoms with Gasteiger partial charge in [-0.3, -0.25) is 14.9 Å². The number of anilines is 3. The van der Waals surface area contributed by atoms with Crippen molar-refractivity contribution in [2.75, 3.05) is 35.7 Å². The molecule has 0 saturated carbocycles. The molecule has 238 valence electrons. The van der Waals surface area contributed by atoms with Gasteiger partial charge in [-0.25, -0.2) is 4.79 Å². The fourth-order valence-corrected chi connectivity index (χ4v) is 6.57. The van der Waals surface area contributed by atoms with E-state index in [1.54, 1.807) is 24.2 Å². The van der Waals surface area contributed by atoms with Crippen LogP contribution in [-0.2, 0) is 16.1 Å². The van der Waals surface area contributed by atoms with Gasteiger partial charge in [0, 0.05) is 60.4 Å². The van der Waals surface area contributed by atoms with Crippen molar-refractivity contribution in [3.63, 3.8) is 0 Å². The van der Waals surface area contributed by atoms with Crippen molar-refractivity contribution in [3.05, 3.63) is 112 Å². The first kappa shape index (κ1) is 31.0. The predicted octanol–water partition coefficient (Wildman–Crippen LogP) is 7.21. The number of nitrogens with zero attached hydrogens (tertiary/aromatic N) is 2. The Balaban J connectivity index is 1.42. The van der Waals surface area contributed by atoms with Gasteiger partial charge in [-0.2, -0.15) is 0 Å². The molecule has 46 heavy (non-hydrogen) atoms. The van der Waals surface area contributed by atoms with Gasteiger partial charge in [-0.1, -0.05) is 44.2 Å². The third-order valence-corrected chi connectivity index (χ3v) is 9.08. The van der Waals surface area contributed by atoms with Crippen LogP contribution in [0.15, 0.2) is 83.9 Å². The highest BCUT2D eigenvalue weighted by Crippen LogP contribution is 2.33. The first-order valence-electron chi connectivity index (χ1n) is 15.9. The summed E-state index contributed by atoms with van der Waals surface area (Å²) in [7, 11) is 1.80. The van der Waals surface area contributed by atoms with Gasteiger partial charge < -0.3 is 24.8 Å². The molecule has 9 heteroatoms. The molecule has 4 heterocycles. The summed E-state index contributed by atoms with van der Waals surface area (Å²) < 4.78 is 5.64. The molecule has 7 rings (SSSR count). The molecule has 0 radical (unpaired) electrons. The fourth-order valence-electron chi connectivity index (χ4n) is 6.57. The number of aromatic amines is 1. The average molecular weight is 620 g/mol. The molecule has 3 N–H and O–H groups in total. The van der Waals surface area contributed by atoms with E-state index in [2.05, 4.69) is 27.1 Å². The Labute approximate surface area is 269 Å². The number of H-pyrrole nitrogens is 1. The molecule has 0 unspecified atom stereocenters. The zero-order valence-corrected chi connectivity index (χ0v) is 26.7. The van der Waals surface area contributed by atoms with E-state index in [1.807, 2.05) is 68.4 Å². The smallest absolute Gasteiger partial charge is 0.411 e. The lowest BCUT2D eigenvalue weighted by Gasteiger charge is -2.31. The molecule has 4 bridgehead atoms. The molecule has 4 aromatic rings. The summed E-state index contributed by atoms with van der Waals surface area (Å²) >= 11 is 0. The minimum atomic E-state index is -0.725. The van der Waals surface area contributed by atoms with Crippen LogP contribution in [0, 0.1) is 6.92 Å². The van der Waals surface area contributed by atoms with Gasteiger partial charge in [0.2, 0.25) is 5.91 Å². The highest BCUT2D eigenvalue weighted by molar-refractivity contribution is 5.89. The average Bonchev–Trinajstić information content (AvgIpc) is 3.26. The van der Waals surface area contributed by atoms with Gasteiger partial charge in [-0.15, -0.1) is 0 Å². The van der Waals surface area contributed by atoms with Crippen molar-refractivity contribution in [2.45, 2.75) is 58.0 Å². The first-order chi connectivity index (χ1) is 22.2. The van der Waals surface area contributed by atoms with E-state index >= 15 is 0 Å². The van der Waals surface area contributed by atoms with E-state index in [0.29, 0.717) is 23.3 Å². The molecule has 0 aliphatic carbocycles. The standard InChI is InChI=1S/C37H41N5O4/c1-23-18-27-10-13-31(23)24(2)22-46-37(45)40-29-12-14-33(42-17-7-5-6-8-25(42)3)28(19-29)21-41(4)36(44)34(27)39-30-11-9-26-15-16-38-35(43)32(26)20-30/h9-16,18-20,24,34,39H,3,5-8,17,21-22H2,1-2,4H3,(H,38,43)(H,40,45)/t24-,34+/m0/s1. The van der Waals surface area contributed by atoms with Crippen LogP contribution in [-0.4, -0.2) is 42.1 Å². The normalized spacial score (nSPS) is 19.5. The number of nitrogens with one attached hydrogen (secondary N) is 3. The highest BCUT2D eigenvalue weighted by Gasteiger charge is 2.27. The Hall–Kier alpha value is -5.05. The molecule has 9 nitrogen and oxygen atoms in total. The third-order valence-electron chi connectivity index (χ3n) is 9.08. The molecule has 2 atom stereocenters. The second-order valence-corrected chi connectivity index (χ2v) is 12.5. The Morgan fingerprint density at radius 1 is 0.978 bits per heavy atom. The minimum absolute atomic E-state index is 0.0586. The molecule has 3 aromatic carbocycles. The van der Waals surface area contributed by atoms with E-state index in [0.717, 1.165) is 71.3 Å². The topological polar surface area (TPSA) is 107 Å². The van der Waals surface area contributed by atoms with Gasteiger partial charge in [0.25, 0.3) is 5.56 Å². The summed E-state index contributed by atoms with van der Waals surface area (Å²) in [5.74, 6) is -0.190. The van der Waals surface area contributed by atoms with Crippen LogP contribution in [0.5, 0.6) is 0 Å². The monoisotopic (exact) mass is 619 g/mol. The van der Waals surface area contributed by atoms with Gasteiger partial charge in [0.15, 0.2) is 0 Å². The Bertz CT molecular complexity index is 1860. The van der Waals surface area contributed by atoms with Crippen molar-refractivity contribution in [3.8, 4) is 0 Å². The SMILES string of the molecule is C=C1CCCCCN1c1ccc2cc1CN(C)C(=O)[C@H](Nc1ccc3cc[nH]c(=O)c3c1)c1ccc(c(C)c1)[C@@H](C)COC(=O)N2. The zero-order valence-electron chi connectivity index (χ0n) is 26.7. The van der Waals surface area contributed by atoms with Crippen molar-refractivity contribution in [1.82, 2.24) is 9.88 Å². The number of pyridine rings is 1. The maximum Gasteiger partial charge on any atom is 0.411 e. The quantitative estimate of drug-likeness (QED) is 0.224. The number of fused-ring (bicyclic) bond motifs is 10. The minimum Gasteiger partial charge on any atom is -0.449 e. The summed E-state index contributed by atoms with van der Waals surface area (Å²) in [5, 5.41) is 7.71. The number of hydrogen-bond acceptors (Lipinski definition) is 6. The third kappa shape index (κ3) is 6.49. The van der Waals surface area contributed by atoms with Crippen LogP contribution >= 0.6 is 0 Å². The van der Waals surface area contributed by atoms with Crippen LogP contribution in [0.2, 0.25) is 0 Å². The maximum atomic E-state index is 14.5.